The zero-order chi connectivity index (χ0) is 34.4. The first-order valence-corrected chi connectivity index (χ1v) is 15.5. The van der Waals surface area contributed by atoms with E-state index in [9.17, 15) is 24.3 Å². The summed E-state index contributed by atoms with van der Waals surface area (Å²) in [5.41, 5.74) is -3.13. The van der Waals surface area contributed by atoms with Crippen molar-refractivity contribution in [3.8, 4) is 11.6 Å². The molecule has 3 amide bonds. The summed E-state index contributed by atoms with van der Waals surface area (Å²) >= 11 is 6.31. The van der Waals surface area contributed by atoms with E-state index in [4.69, 9.17) is 25.8 Å². The summed E-state index contributed by atoms with van der Waals surface area (Å²) in [5, 5.41) is 17.1. The van der Waals surface area contributed by atoms with E-state index in [0.29, 0.717) is 21.5 Å². The number of hydrogen-bond donors (Lipinski definition) is 3. The topological polar surface area (TPSA) is 156 Å². The largest absolute Gasteiger partial charge is 0.494 e. The first-order valence-electron chi connectivity index (χ1n) is 15.1. The minimum Gasteiger partial charge on any atom is -0.494 e. The molecule has 1 saturated heterocycles. The van der Waals surface area contributed by atoms with E-state index in [-0.39, 0.29) is 18.8 Å². The summed E-state index contributed by atoms with van der Waals surface area (Å²) in [6.45, 7) is 15.9. The fraction of sp³-hybridized carbons (Fsp3) is 0.545. The van der Waals surface area contributed by atoms with Crippen LogP contribution in [0.1, 0.15) is 54.9 Å². The van der Waals surface area contributed by atoms with Gasteiger partial charge in [0, 0.05) is 27.6 Å². The van der Waals surface area contributed by atoms with E-state index in [2.05, 4.69) is 22.2 Å². The van der Waals surface area contributed by atoms with Gasteiger partial charge in [-0.05, 0) is 50.8 Å². The molecule has 4 rings (SSSR count). The normalized spacial score (nSPS) is 24.9. The second kappa shape index (κ2) is 12.6. The van der Waals surface area contributed by atoms with Crippen LogP contribution in [0, 0.1) is 17.3 Å². The van der Waals surface area contributed by atoms with Gasteiger partial charge in [-0.2, -0.15) is 0 Å². The second-order valence-electron chi connectivity index (χ2n) is 14.0. The number of likely N-dealkylation sites (tertiary alicyclic amines) is 1. The number of nitrogens with zero attached hydrogens (tertiary/aromatic N) is 2. The fourth-order valence-corrected chi connectivity index (χ4v) is 6.00. The number of amides is 3. The number of nitrogens with one attached hydrogen (secondary N) is 2. The molecule has 0 unspecified atom stereocenters. The smallest absolute Gasteiger partial charge is 0.408 e. The number of aliphatic carboxylic acids is 1. The van der Waals surface area contributed by atoms with Crippen LogP contribution in [0.2, 0.25) is 5.02 Å². The number of carboxylic acid groups (broad SMARTS) is 1. The van der Waals surface area contributed by atoms with Gasteiger partial charge in [-0.25, -0.2) is 14.6 Å². The SMILES string of the molecule is C=C[C@@H]1C[C@]1(NC(=O)[C@@H]1[C@H](C)[C@@H](Oc2ncc(OC)c3ccc(Cl)cc23)CN1C(=O)[C@H](NC(=O)OC(C)(C)C)C(C)(C)C)C(=O)O. The van der Waals surface area contributed by atoms with Gasteiger partial charge in [0.15, 0.2) is 0 Å². The summed E-state index contributed by atoms with van der Waals surface area (Å²) in [7, 11) is 1.52. The molecule has 13 heteroatoms. The number of carbonyl (C=O) groups is 4. The summed E-state index contributed by atoms with van der Waals surface area (Å²) < 4.78 is 17.3. The van der Waals surface area contributed by atoms with Gasteiger partial charge in [0.25, 0.3) is 0 Å². The van der Waals surface area contributed by atoms with Gasteiger partial charge in [0.2, 0.25) is 17.7 Å². The molecular formula is C33H43ClN4O8. The Bertz CT molecular complexity index is 1550. The van der Waals surface area contributed by atoms with Crippen LogP contribution in [-0.4, -0.2) is 81.8 Å². The van der Waals surface area contributed by atoms with Crippen molar-refractivity contribution in [2.45, 2.75) is 84.2 Å². The number of fused-ring (bicyclic) bond motifs is 1. The van der Waals surface area contributed by atoms with Crippen LogP contribution in [-0.2, 0) is 19.1 Å². The highest BCUT2D eigenvalue weighted by Crippen LogP contribution is 2.45. The van der Waals surface area contributed by atoms with E-state index in [0.717, 1.165) is 0 Å². The molecule has 1 aliphatic carbocycles. The monoisotopic (exact) mass is 658 g/mol. The molecule has 2 aliphatic rings. The van der Waals surface area contributed by atoms with Crippen molar-refractivity contribution >= 4 is 46.3 Å². The van der Waals surface area contributed by atoms with Gasteiger partial charge in [-0.15, -0.1) is 6.58 Å². The summed E-state index contributed by atoms with van der Waals surface area (Å²) in [4.78, 5) is 59.2. The number of hydrogen-bond acceptors (Lipinski definition) is 8. The van der Waals surface area contributed by atoms with Crippen LogP contribution < -0.4 is 20.1 Å². The predicted octanol–water partition coefficient (Wildman–Crippen LogP) is 4.58. The first kappa shape index (κ1) is 34.8. The van der Waals surface area contributed by atoms with E-state index in [1.165, 1.54) is 24.3 Å². The number of carbonyl (C=O) groups excluding carboxylic acids is 3. The third kappa shape index (κ3) is 7.01. The number of halogens is 1. The van der Waals surface area contributed by atoms with Crippen molar-refractivity contribution in [3.05, 3.63) is 42.1 Å². The van der Waals surface area contributed by atoms with Crippen LogP contribution in [0.5, 0.6) is 11.6 Å². The van der Waals surface area contributed by atoms with Gasteiger partial charge in [-0.3, -0.25) is 9.59 Å². The van der Waals surface area contributed by atoms with Gasteiger partial charge in [-0.1, -0.05) is 45.4 Å². The molecule has 6 atom stereocenters. The summed E-state index contributed by atoms with van der Waals surface area (Å²) in [6.07, 6.45) is 1.65. The summed E-state index contributed by atoms with van der Waals surface area (Å²) in [5.74, 6) is -2.75. The van der Waals surface area contributed by atoms with Crippen LogP contribution in [0.4, 0.5) is 4.79 Å². The first-order chi connectivity index (χ1) is 21.3. The lowest BCUT2D eigenvalue weighted by molar-refractivity contribution is -0.146. The number of methoxy groups -OCH3 is 1. The van der Waals surface area contributed by atoms with Gasteiger partial charge < -0.3 is 34.9 Å². The Hall–Kier alpha value is -4.06. The van der Waals surface area contributed by atoms with Crippen molar-refractivity contribution in [1.82, 2.24) is 20.5 Å². The minimum absolute atomic E-state index is 0.0542. The van der Waals surface area contributed by atoms with Crippen molar-refractivity contribution < 1.29 is 38.5 Å². The van der Waals surface area contributed by atoms with E-state index >= 15 is 0 Å². The number of carboxylic acids is 1. The molecule has 2 aromatic rings. The van der Waals surface area contributed by atoms with Crippen LogP contribution >= 0.6 is 11.6 Å². The fourth-order valence-electron chi connectivity index (χ4n) is 5.83. The number of alkyl carbamates (subject to hydrolysis) is 1. The molecule has 250 valence electrons. The molecule has 0 radical (unpaired) electrons. The molecule has 0 spiro atoms. The second-order valence-corrected chi connectivity index (χ2v) is 14.5. The molecule has 2 heterocycles. The Morgan fingerprint density at radius 2 is 1.85 bits per heavy atom. The zero-order valence-electron chi connectivity index (χ0n) is 27.5. The van der Waals surface area contributed by atoms with E-state index in [1.807, 2.05) is 0 Å². The maximum Gasteiger partial charge on any atom is 0.408 e. The number of aromatic nitrogens is 1. The third-order valence-electron chi connectivity index (χ3n) is 8.41. The number of benzene rings is 1. The number of ether oxygens (including phenoxy) is 3. The Morgan fingerprint density at radius 1 is 1.17 bits per heavy atom. The van der Waals surface area contributed by atoms with Gasteiger partial charge in [0.05, 0.1) is 19.9 Å². The lowest BCUT2D eigenvalue weighted by Gasteiger charge is -2.36. The molecule has 1 aliphatic heterocycles. The Morgan fingerprint density at radius 3 is 2.39 bits per heavy atom. The maximum atomic E-state index is 14.4. The Labute approximate surface area is 273 Å². The molecule has 1 saturated carbocycles. The lowest BCUT2D eigenvalue weighted by Crippen LogP contribution is -2.60. The molecule has 1 aromatic carbocycles. The van der Waals surface area contributed by atoms with Crippen molar-refractivity contribution in [3.63, 3.8) is 0 Å². The highest BCUT2D eigenvalue weighted by atomic mass is 35.5. The van der Waals surface area contributed by atoms with Crippen LogP contribution in [0.15, 0.2) is 37.1 Å². The van der Waals surface area contributed by atoms with Crippen molar-refractivity contribution in [2.75, 3.05) is 13.7 Å². The average molecular weight is 659 g/mol. The quantitative estimate of drug-likeness (QED) is 0.328. The maximum absolute atomic E-state index is 14.4. The molecule has 0 bridgehead atoms. The molecule has 46 heavy (non-hydrogen) atoms. The summed E-state index contributed by atoms with van der Waals surface area (Å²) in [6, 6.07) is 2.94. The molecule has 2 fully saturated rings. The van der Waals surface area contributed by atoms with Gasteiger partial charge >= 0.3 is 12.1 Å². The molecule has 1 aromatic heterocycles. The minimum atomic E-state index is -1.52. The predicted molar refractivity (Wildman–Crippen MR) is 172 cm³/mol. The lowest BCUT2D eigenvalue weighted by atomic mass is 9.85. The van der Waals surface area contributed by atoms with Crippen molar-refractivity contribution in [1.29, 1.82) is 0 Å². The Kier molecular flexibility index (Phi) is 9.55. The van der Waals surface area contributed by atoms with E-state index in [1.54, 1.807) is 66.7 Å². The zero-order valence-corrected chi connectivity index (χ0v) is 28.2. The van der Waals surface area contributed by atoms with Gasteiger partial charge in [0.1, 0.15) is 35.1 Å². The third-order valence-corrected chi connectivity index (χ3v) is 8.64. The van der Waals surface area contributed by atoms with Crippen LogP contribution in [0.25, 0.3) is 10.8 Å². The highest BCUT2D eigenvalue weighted by molar-refractivity contribution is 6.31. The highest BCUT2D eigenvalue weighted by Gasteiger charge is 2.62. The standard InChI is InChI=1S/C33H43ClN4O8/c1-10-18-14-33(18,29(41)42)37-26(39)24-17(2)23(45-27-21-13-19(34)11-12-20(21)22(44-9)15-35-27)16-38(24)28(40)25(31(3,4)5)36-30(43)46-32(6,7)8/h10-13,15,17-18,23-25H,1,14,16H2,2-9H3,(H,36,43)(H,37,39)(H,41,42)/t17-,18-,23+,24+,25+,33-/m1/s1. The van der Waals surface area contributed by atoms with Crippen molar-refractivity contribution in [2.24, 2.45) is 17.3 Å². The molecule has 12 nitrogen and oxygen atoms in total. The number of pyridine rings is 1. The average Bonchev–Trinajstić information content (AvgIpc) is 3.57. The number of rotatable bonds is 9. The van der Waals surface area contributed by atoms with Crippen LogP contribution in [0.3, 0.4) is 0 Å². The Balaban J connectivity index is 1.72. The molecular weight excluding hydrogens is 616 g/mol. The van der Waals surface area contributed by atoms with E-state index < -0.39 is 70.5 Å². The molecule has 3 N–H and O–H groups in total.